The van der Waals surface area contributed by atoms with Gasteiger partial charge in [0.2, 0.25) is 0 Å². The molecule has 0 saturated heterocycles. The Bertz CT molecular complexity index is 782. The van der Waals surface area contributed by atoms with Crippen molar-refractivity contribution in [2.45, 2.75) is 6.61 Å². The predicted octanol–water partition coefficient (Wildman–Crippen LogP) is 3.13. The van der Waals surface area contributed by atoms with Crippen LogP contribution in [-0.4, -0.2) is 45.6 Å². The first kappa shape index (κ1) is 16.5. The molecule has 3 aromatic rings. The molecule has 0 spiro atoms. The van der Waals surface area contributed by atoms with Gasteiger partial charge in [-0.2, -0.15) is 0 Å². The fourth-order valence-electron chi connectivity index (χ4n) is 2.14. The smallest absolute Gasteiger partial charge is 0.335 e. The molecule has 0 atom stereocenters. The Labute approximate surface area is 150 Å². The largest absolute Gasteiger partial charge is 0.489 e. The summed E-state index contributed by atoms with van der Waals surface area (Å²) in [5.41, 5.74) is 2.22. The van der Waals surface area contributed by atoms with Gasteiger partial charge >= 0.3 is 5.97 Å². The predicted molar refractivity (Wildman–Crippen MR) is 85.2 cm³/mol. The molecule has 0 amide bonds. The maximum Gasteiger partial charge on any atom is 0.335 e. The normalized spacial score (nSPS) is 10.0. The molecule has 0 aliphatic carbocycles. The fourth-order valence-corrected chi connectivity index (χ4v) is 2.14. The van der Waals surface area contributed by atoms with E-state index in [2.05, 4.69) is 4.98 Å². The molecule has 0 bridgehead atoms. The number of carboxylic acids is 1. The molecule has 0 aliphatic heterocycles. The second-order valence-corrected chi connectivity index (χ2v) is 4.61. The van der Waals surface area contributed by atoms with Gasteiger partial charge in [0.1, 0.15) is 12.4 Å². The molecule has 0 unspecified atom stereocenters. The molecular formula is C17H13NNaO3. The van der Waals surface area contributed by atoms with Gasteiger partial charge in [-0.25, -0.2) is 4.79 Å². The summed E-state index contributed by atoms with van der Waals surface area (Å²) >= 11 is 0. The van der Waals surface area contributed by atoms with Crippen molar-refractivity contribution in [1.82, 2.24) is 4.98 Å². The number of aromatic nitrogens is 1. The van der Waals surface area contributed by atoms with Crippen LogP contribution in [0, 0.1) is 0 Å². The summed E-state index contributed by atoms with van der Waals surface area (Å²) in [6.07, 6.45) is 1.76. The molecule has 0 aliphatic rings. The Morgan fingerprint density at radius 2 is 1.77 bits per heavy atom. The van der Waals surface area contributed by atoms with Crippen molar-refractivity contribution < 1.29 is 14.6 Å². The van der Waals surface area contributed by atoms with Crippen molar-refractivity contribution in [2.75, 3.05) is 0 Å². The van der Waals surface area contributed by atoms with E-state index in [-0.39, 0.29) is 35.1 Å². The van der Waals surface area contributed by atoms with Crippen LogP contribution in [0.3, 0.4) is 0 Å². The molecule has 1 radical (unpaired) electrons. The average molecular weight is 302 g/mol. The SMILES string of the molecule is O=C(O)c1ccc(OCc2ccnc3ccccc23)cc1.[Na]. The molecule has 2 aromatic carbocycles. The molecule has 5 heteroatoms. The summed E-state index contributed by atoms with van der Waals surface area (Å²) < 4.78 is 5.71. The number of ether oxygens (including phenoxy) is 1. The van der Waals surface area contributed by atoms with Crippen LogP contribution in [0.5, 0.6) is 5.75 Å². The maximum atomic E-state index is 10.8. The molecule has 1 N–H and O–H groups in total. The number of benzene rings is 2. The van der Waals surface area contributed by atoms with Gasteiger partial charge in [-0.15, -0.1) is 0 Å². The van der Waals surface area contributed by atoms with Crippen molar-refractivity contribution in [3.8, 4) is 5.75 Å². The number of carbonyl (C=O) groups is 1. The van der Waals surface area contributed by atoms with Crippen molar-refractivity contribution >= 4 is 46.4 Å². The number of hydrogen-bond acceptors (Lipinski definition) is 3. The Kier molecular flexibility index (Phi) is 5.55. The third kappa shape index (κ3) is 3.65. The van der Waals surface area contributed by atoms with Gasteiger partial charge in [-0.3, -0.25) is 4.98 Å². The molecule has 1 heterocycles. The molecular weight excluding hydrogens is 289 g/mol. The number of fused-ring (bicyclic) bond motifs is 1. The van der Waals surface area contributed by atoms with E-state index in [0.717, 1.165) is 16.5 Å². The van der Waals surface area contributed by atoms with Gasteiger partial charge in [0.15, 0.2) is 0 Å². The zero-order valence-electron chi connectivity index (χ0n) is 12.2. The number of hydrogen-bond donors (Lipinski definition) is 1. The molecule has 105 valence electrons. The van der Waals surface area contributed by atoms with Gasteiger partial charge < -0.3 is 9.84 Å². The minimum absolute atomic E-state index is 0. The van der Waals surface area contributed by atoms with E-state index in [0.29, 0.717) is 12.4 Å². The Hall–Kier alpha value is -1.88. The molecule has 0 fully saturated rings. The number of pyridine rings is 1. The summed E-state index contributed by atoms with van der Waals surface area (Å²) in [5.74, 6) is -0.303. The van der Waals surface area contributed by atoms with Crippen molar-refractivity contribution in [2.24, 2.45) is 0 Å². The third-order valence-corrected chi connectivity index (χ3v) is 3.23. The van der Waals surface area contributed by atoms with E-state index < -0.39 is 5.97 Å². The van der Waals surface area contributed by atoms with Crippen LogP contribution in [-0.2, 0) is 6.61 Å². The van der Waals surface area contributed by atoms with Gasteiger partial charge in [-0.1, -0.05) is 18.2 Å². The van der Waals surface area contributed by atoms with Gasteiger partial charge in [0.25, 0.3) is 0 Å². The van der Waals surface area contributed by atoms with Crippen molar-refractivity contribution in [3.63, 3.8) is 0 Å². The first-order chi connectivity index (χ1) is 10.2. The number of rotatable bonds is 4. The summed E-state index contributed by atoms with van der Waals surface area (Å²) in [5, 5.41) is 9.91. The van der Waals surface area contributed by atoms with Crippen LogP contribution in [0.4, 0.5) is 0 Å². The van der Waals surface area contributed by atoms with Crippen LogP contribution in [0.1, 0.15) is 15.9 Å². The van der Waals surface area contributed by atoms with E-state index in [1.54, 1.807) is 18.3 Å². The molecule has 4 nitrogen and oxygen atoms in total. The molecule has 1 aromatic heterocycles. The fraction of sp³-hybridized carbons (Fsp3) is 0.0588. The van der Waals surface area contributed by atoms with E-state index in [4.69, 9.17) is 9.84 Å². The summed E-state index contributed by atoms with van der Waals surface area (Å²) in [6, 6.07) is 16.2. The topological polar surface area (TPSA) is 59.4 Å². The van der Waals surface area contributed by atoms with E-state index in [1.165, 1.54) is 12.1 Å². The zero-order valence-corrected chi connectivity index (χ0v) is 14.2. The van der Waals surface area contributed by atoms with E-state index >= 15 is 0 Å². The molecule has 22 heavy (non-hydrogen) atoms. The van der Waals surface area contributed by atoms with Crippen LogP contribution in [0.2, 0.25) is 0 Å². The number of nitrogens with zero attached hydrogens (tertiary/aromatic N) is 1. The summed E-state index contributed by atoms with van der Waals surface area (Å²) in [4.78, 5) is 15.1. The first-order valence-electron chi connectivity index (χ1n) is 6.53. The van der Waals surface area contributed by atoms with Gasteiger partial charge in [-0.05, 0) is 36.4 Å². The second-order valence-electron chi connectivity index (χ2n) is 4.61. The number of aromatic carboxylic acids is 1. The zero-order chi connectivity index (χ0) is 14.7. The van der Waals surface area contributed by atoms with Crippen molar-refractivity contribution in [1.29, 1.82) is 0 Å². The van der Waals surface area contributed by atoms with E-state index in [9.17, 15) is 4.79 Å². The van der Waals surface area contributed by atoms with Crippen LogP contribution in [0.15, 0.2) is 60.8 Å². The number of para-hydroxylation sites is 1. The van der Waals surface area contributed by atoms with Crippen LogP contribution < -0.4 is 4.74 Å². The molecule has 0 saturated carbocycles. The molecule has 3 rings (SSSR count). The van der Waals surface area contributed by atoms with Crippen molar-refractivity contribution in [3.05, 3.63) is 71.9 Å². The Morgan fingerprint density at radius 1 is 1.05 bits per heavy atom. The third-order valence-electron chi connectivity index (χ3n) is 3.23. The second kappa shape index (κ2) is 7.40. The maximum absolute atomic E-state index is 10.8. The summed E-state index contributed by atoms with van der Waals surface area (Å²) in [6.45, 7) is 0.412. The van der Waals surface area contributed by atoms with Crippen LogP contribution >= 0.6 is 0 Å². The monoisotopic (exact) mass is 302 g/mol. The Balaban J connectivity index is 0.00000176. The average Bonchev–Trinajstić information content (AvgIpc) is 2.53. The summed E-state index contributed by atoms with van der Waals surface area (Å²) in [7, 11) is 0. The number of carboxylic acid groups (broad SMARTS) is 1. The first-order valence-corrected chi connectivity index (χ1v) is 6.53. The minimum atomic E-state index is -0.943. The minimum Gasteiger partial charge on any atom is -0.489 e. The van der Waals surface area contributed by atoms with E-state index in [1.807, 2.05) is 30.3 Å². The quantitative estimate of drug-likeness (QED) is 0.752. The van der Waals surface area contributed by atoms with Gasteiger partial charge in [0, 0.05) is 46.7 Å². The Morgan fingerprint density at radius 3 is 2.50 bits per heavy atom. The van der Waals surface area contributed by atoms with Crippen LogP contribution in [0.25, 0.3) is 10.9 Å². The standard InChI is InChI=1S/C17H13NO3.Na/c19-17(20)12-5-7-14(8-6-12)21-11-13-9-10-18-16-4-2-1-3-15(13)16;/h1-10H,11H2,(H,19,20);. The van der Waals surface area contributed by atoms with Gasteiger partial charge in [0.05, 0.1) is 11.1 Å².